The molecule has 0 radical (unpaired) electrons. The first-order valence-electron chi connectivity index (χ1n) is 4.53. The zero-order chi connectivity index (χ0) is 10.9. The summed E-state index contributed by atoms with van der Waals surface area (Å²) in [5.41, 5.74) is -0.894. The number of carbonyl (C=O) groups is 1. The van der Waals surface area contributed by atoms with Crippen molar-refractivity contribution in [3.8, 4) is 0 Å². The lowest BCUT2D eigenvalue weighted by Crippen LogP contribution is -2.40. The highest BCUT2D eigenvalue weighted by Gasteiger charge is 2.29. The Morgan fingerprint density at radius 2 is 1.54 bits per heavy atom. The maximum atomic E-state index is 13.3. The number of amides is 1. The molecule has 0 aliphatic carbocycles. The first kappa shape index (κ1) is 12.4. The molecular formula is C10H20FNO. The van der Waals surface area contributed by atoms with E-state index in [-0.39, 0.29) is 11.8 Å². The van der Waals surface area contributed by atoms with Crippen LogP contribution < -0.4 is 0 Å². The Hall–Kier alpha value is -0.600. The first-order valence-corrected chi connectivity index (χ1v) is 4.53. The molecule has 0 aromatic heterocycles. The number of carbonyl (C=O) groups excluding carboxylic acids is 1. The lowest BCUT2D eigenvalue weighted by molar-refractivity contribution is -0.160. The van der Waals surface area contributed by atoms with Crippen LogP contribution in [0.2, 0.25) is 0 Å². The summed E-state index contributed by atoms with van der Waals surface area (Å²) < 4.78 is 13.3. The number of hydrogen-bond donors (Lipinski definition) is 0. The third kappa shape index (κ3) is 4.86. The SMILES string of the molecule is CC(C)(C)CC(=O)N(F)C(C)(C)C. The van der Waals surface area contributed by atoms with Crippen molar-refractivity contribution in [1.82, 2.24) is 5.12 Å². The summed E-state index contributed by atoms with van der Waals surface area (Å²) >= 11 is 0. The Kier molecular flexibility index (Phi) is 3.47. The van der Waals surface area contributed by atoms with Crippen LogP contribution in [0.5, 0.6) is 0 Å². The summed E-state index contributed by atoms with van der Waals surface area (Å²) in [5, 5.41) is 0.318. The largest absolute Gasteiger partial charge is 0.272 e. The average Bonchev–Trinajstić information content (AvgIpc) is 1.79. The molecule has 0 fully saturated rings. The lowest BCUT2D eigenvalue weighted by atomic mass is 9.91. The van der Waals surface area contributed by atoms with Crippen LogP contribution in [0.4, 0.5) is 4.48 Å². The highest BCUT2D eigenvalue weighted by Crippen LogP contribution is 2.23. The van der Waals surface area contributed by atoms with Gasteiger partial charge in [-0.05, 0) is 26.2 Å². The van der Waals surface area contributed by atoms with Gasteiger partial charge in [0.15, 0.2) is 0 Å². The van der Waals surface area contributed by atoms with E-state index in [1.807, 2.05) is 20.8 Å². The number of rotatable bonds is 1. The van der Waals surface area contributed by atoms with E-state index in [0.717, 1.165) is 0 Å². The minimum Gasteiger partial charge on any atom is -0.272 e. The molecule has 0 aromatic carbocycles. The molecular weight excluding hydrogens is 169 g/mol. The maximum absolute atomic E-state index is 13.3. The zero-order valence-electron chi connectivity index (χ0n) is 9.44. The normalized spacial score (nSPS) is 12.8. The van der Waals surface area contributed by atoms with E-state index < -0.39 is 11.4 Å². The predicted molar refractivity (Wildman–Crippen MR) is 51.8 cm³/mol. The lowest BCUT2D eigenvalue weighted by Gasteiger charge is -2.29. The fraction of sp³-hybridized carbons (Fsp3) is 0.900. The minimum atomic E-state index is -0.734. The number of nitrogens with zero attached hydrogens (tertiary/aromatic N) is 1. The molecule has 1 amide bonds. The average molecular weight is 189 g/mol. The molecule has 0 saturated carbocycles. The van der Waals surface area contributed by atoms with E-state index >= 15 is 0 Å². The molecule has 0 aromatic rings. The first-order chi connectivity index (χ1) is 5.54. The van der Waals surface area contributed by atoms with Crippen molar-refractivity contribution >= 4 is 5.91 Å². The van der Waals surface area contributed by atoms with Gasteiger partial charge in [-0.15, -0.1) is 0 Å². The third-order valence-corrected chi connectivity index (χ3v) is 1.49. The standard InChI is InChI=1S/C10H20FNO/c1-9(2,3)7-8(13)12(11)10(4,5)6/h7H2,1-6H3. The van der Waals surface area contributed by atoms with Crippen molar-refractivity contribution in [1.29, 1.82) is 0 Å². The molecule has 0 unspecified atom stereocenters. The molecule has 0 N–H and O–H groups in total. The Morgan fingerprint density at radius 3 is 1.77 bits per heavy atom. The number of halogens is 1. The Bertz CT molecular complexity index is 188. The molecule has 0 atom stereocenters. The van der Waals surface area contributed by atoms with Crippen LogP contribution in [0.25, 0.3) is 0 Å². The summed E-state index contributed by atoms with van der Waals surface area (Å²) in [6.07, 6.45) is 0.237. The highest BCUT2D eigenvalue weighted by molar-refractivity contribution is 5.76. The number of hydrogen-bond acceptors (Lipinski definition) is 1. The summed E-state index contributed by atoms with van der Waals surface area (Å²) in [5.74, 6) is -0.444. The Morgan fingerprint density at radius 1 is 1.15 bits per heavy atom. The Balaban J connectivity index is 4.30. The van der Waals surface area contributed by atoms with Crippen LogP contribution in [0, 0.1) is 5.41 Å². The van der Waals surface area contributed by atoms with Crippen LogP contribution in [0.3, 0.4) is 0 Å². The quantitative estimate of drug-likeness (QED) is 0.581. The summed E-state index contributed by atoms with van der Waals surface area (Å²) in [6.45, 7) is 10.8. The maximum Gasteiger partial charge on any atom is 0.251 e. The van der Waals surface area contributed by atoms with Gasteiger partial charge >= 0.3 is 0 Å². The van der Waals surface area contributed by atoms with Gasteiger partial charge in [-0.2, -0.15) is 5.12 Å². The topological polar surface area (TPSA) is 20.3 Å². The van der Waals surface area contributed by atoms with E-state index in [4.69, 9.17) is 0 Å². The Labute approximate surface area is 80.0 Å². The van der Waals surface area contributed by atoms with Crippen molar-refractivity contribution in [2.24, 2.45) is 5.41 Å². The fourth-order valence-corrected chi connectivity index (χ4v) is 0.897. The van der Waals surface area contributed by atoms with E-state index in [0.29, 0.717) is 5.12 Å². The molecule has 3 heteroatoms. The molecule has 13 heavy (non-hydrogen) atoms. The van der Waals surface area contributed by atoms with Gasteiger partial charge in [0.25, 0.3) is 5.91 Å². The van der Waals surface area contributed by atoms with Crippen molar-refractivity contribution < 1.29 is 9.28 Å². The van der Waals surface area contributed by atoms with Gasteiger partial charge in [-0.25, -0.2) is 0 Å². The van der Waals surface area contributed by atoms with E-state index in [2.05, 4.69) is 0 Å². The predicted octanol–water partition coefficient (Wildman–Crippen LogP) is 2.93. The van der Waals surface area contributed by atoms with Gasteiger partial charge < -0.3 is 0 Å². The second-order valence-electron chi connectivity index (χ2n) is 5.58. The van der Waals surface area contributed by atoms with Crippen LogP contribution in [0.1, 0.15) is 48.0 Å². The molecule has 0 aliphatic rings. The molecule has 2 nitrogen and oxygen atoms in total. The minimum absolute atomic E-state index is 0.160. The second-order valence-corrected chi connectivity index (χ2v) is 5.58. The van der Waals surface area contributed by atoms with Gasteiger partial charge in [0.05, 0.1) is 5.54 Å². The van der Waals surface area contributed by atoms with Crippen molar-refractivity contribution in [3.05, 3.63) is 0 Å². The van der Waals surface area contributed by atoms with Crippen molar-refractivity contribution in [3.63, 3.8) is 0 Å². The van der Waals surface area contributed by atoms with Gasteiger partial charge in [0, 0.05) is 6.42 Å². The second kappa shape index (κ2) is 3.64. The highest BCUT2D eigenvalue weighted by atomic mass is 19.2. The van der Waals surface area contributed by atoms with Crippen LogP contribution in [0.15, 0.2) is 0 Å². The van der Waals surface area contributed by atoms with Crippen molar-refractivity contribution in [2.75, 3.05) is 0 Å². The third-order valence-electron chi connectivity index (χ3n) is 1.49. The van der Waals surface area contributed by atoms with Gasteiger partial charge in [0.2, 0.25) is 0 Å². The summed E-state index contributed by atoms with van der Waals surface area (Å²) in [7, 11) is 0. The van der Waals surface area contributed by atoms with Crippen LogP contribution in [-0.4, -0.2) is 16.6 Å². The smallest absolute Gasteiger partial charge is 0.251 e. The van der Waals surface area contributed by atoms with E-state index in [1.165, 1.54) is 0 Å². The van der Waals surface area contributed by atoms with Gasteiger partial charge in [-0.1, -0.05) is 25.3 Å². The van der Waals surface area contributed by atoms with Crippen LogP contribution >= 0.6 is 0 Å². The molecule has 0 rings (SSSR count). The van der Waals surface area contributed by atoms with Crippen LogP contribution in [-0.2, 0) is 4.79 Å². The van der Waals surface area contributed by atoms with Crippen molar-refractivity contribution in [2.45, 2.75) is 53.5 Å². The molecule has 78 valence electrons. The van der Waals surface area contributed by atoms with E-state index in [1.54, 1.807) is 20.8 Å². The molecule has 0 heterocycles. The zero-order valence-corrected chi connectivity index (χ0v) is 9.44. The van der Waals surface area contributed by atoms with Gasteiger partial charge in [-0.3, -0.25) is 4.79 Å². The molecule has 0 spiro atoms. The fourth-order valence-electron chi connectivity index (χ4n) is 0.897. The molecule has 0 bridgehead atoms. The summed E-state index contributed by atoms with van der Waals surface area (Å²) in [6, 6.07) is 0. The van der Waals surface area contributed by atoms with Gasteiger partial charge in [0.1, 0.15) is 0 Å². The molecule has 0 aliphatic heterocycles. The molecule has 0 saturated heterocycles. The monoisotopic (exact) mass is 189 g/mol. The van der Waals surface area contributed by atoms with E-state index in [9.17, 15) is 9.28 Å². The summed E-state index contributed by atoms with van der Waals surface area (Å²) in [4.78, 5) is 11.4.